The molecule has 1 aliphatic rings. The minimum atomic E-state index is -3.84. The summed E-state index contributed by atoms with van der Waals surface area (Å²) < 4.78 is 22.8. The van der Waals surface area contributed by atoms with Crippen molar-refractivity contribution in [1.82, 2.24) is 0 Å². The number of benzene rings is 3. The summed E-state index contributed by atoms with van der Waals surface area (Å²) in [6.45, 7) is 0. The van der Waals surface area contributed by atoms with Gasteiger partial charge in [-0.3, -0.25) is 14.4 Å². The van der Waals surface area contributed by atoms with E-state index >= 15 is 0 Å². The van der Waals surface area contributed by atoms with E-state index < -0.39 is 21.2 Å². The zero-order chi connectivity index (χ0) is 24.5. The Kier molecular flexibility index (Phi) is 6.76. The molecule has 0 bridgehead atoms. The van der Waals surface area contributed by atoms with Crippen LogP contribution in [-0.4, -0.2) is 31.4 Å². The second kappa shape index (κ2) is 9.59. The molecule has 3 N–H and O–H groups in total. The Morgan fingerprint density at radius 2 is 1.65 bits per heavy atom. The van der Waals surface area contributed by atoms with Crippen LogP contribution in [0.3, 0.4) is 0 Å². The zero-order valence-corrected chi connectivity index (χ0v) is 19.9. The molecule has 0 spiro atoms. The first kappa shape index (κ1) is 24.0. The molecule has 0 radical (unpaired) electrons. The van der Waals surface area contributed by atoms with Crippen LogP contribution in [0.15, 0.2) is 82.6 Å². The maximum Gasteiger partial charge on any atom is 0.256 e. The molecule has 0 aliphatic carbocycles. The van der Waals surface area contributed by atoms with E-state index in [1.54, 1.807) is 48.5 Å². The van der Waals surface area contributed by atoms with Crippen molar-refractivity contribution in [2.45, 2.75) is 21.5 Å². The molecule has 11 heteroatoms. The molecule has 0 unspecified atom stereocenters. The summed E-state index contributed by atoms with van der Waals surface area (Å²) in [5.41, 5.74) is 1.13. The molecule has 174 valence electrons. The summed E-state index contributed by atoms with van der Waals surface area (Å²) >= 11 is 7.04. The van der Waals surface area contributed by atoms with E-state index in [4.69, 9.17) is 16.7 Å². The summed E-state index contributed by atoms with van der Waals surface area (Å²) in [6, 6.07) is 18.6. The van der Waals surface area contributed by atoms with Crippen LogP contribution in [0.25, 0.3) is 0 Å². The van der Waals surface area contributed by atoms with E-state index in [1.165, 1.54) is 24.3 Å². The van der Waals surface area contributed by atoms with Crippen LogP contribution in [0.5, 0.6) is 0 Å². The molecule has 0 saturated carbocycles. The Bertz CT molecular complexity index is 1380. The van der Waals surface area contributed by atoms with Gasteiger partial charge in [0.1, 0.15) is 0 Å². The number of nitrogens with zero attached hydrogens (tertiary/aromatic N) is 1. The number of primary sulfonamides is 1. The fraction of sp³-hybridized carbons (Fsp3) is 0.0870. The molecule has 4 rings (SSSR count). The highest BCUT2D eigenvalue weighted by Gasteiger charge is 2.40. The van der Waals surface area contributed by atoms with Gasteiger partial charge in [0, 0.05) is 22.0 Å². The Balaban J connectivity index is 1.51. The van der Waals surface area contributed by atoms with Gasteiger partial charge in [-0.1, -0.05) is 23.7 Å². The normalized spacial score (nSPS) is 16.1. The fourth-order valence-corrected chi connectivity index (χ4v) is 5.22. The number of sulfonamides is 1. The molecule has 1 aliphatic heterocycles. The molecule has 1 atom stereocenters. The van der Waals surface area contributed by atoms with Crippen LogP contribution < -0.4 is 15.4 Å². The van der Waals surface area contributed by atoms with E-state index in [-0.39, 0.29) is 23.1 Å². The van der Waals surface area contributed by atoms with Gasteiger partial charge >= 0.3 is 0 Å². The highest BCUT2D eigenvalue weighted by molar-refractivity contribution is 8.00. The predicted octanol–water partition coefficient (Wildman–Crippen LogP) is 3.66. The SMILES string of the molecule is NS(=O)(=O)c1ccc(NC(=O)c2ccccc2S[C@@H]2CC(=O)N(c3ccc(Cl)cc3)C2=O)cc1. The predicted molar refractivity (Wildman–Crippen MR) is 130 cm³/mol. The van der Waals surface area contributed by atoms with Gasteiger partial charge in [0.2, 0.25) is 21.8 Å². The number of hydrogen-bond acceptors (Lipinski definition) is 6. The largest absolute Gasteiger partial charge is 0.322 e. The van der Waals surface area contributed by atoms with E-state index in [9.17, 15) is 22.8 Å². The third-order valence-corrected chi connectivity index (χ3v) is 7.48. The maximum absolute atomic E-state index is 13.0. The number of rotatable bonds is 6. The van der Waals surface area contributed by atoms with Gasteiger partial charge in [0.25, 0.3) is 5.91 Å². The van der Waals surface area contributed by atoms with Crippen molar-refractivity contribution in [3.8, 4) is 0 Å². The number of hydrogen-bond donors (Lipinski definition) is 2. The number of thioether (sulfide) groups is 1. The Labute approximate surface area is 205 Å². The molecular formula is C23H18ClN3O5S2. The van der Waals surface area contributed by atoms with Crippen LogP contribution in [0.4, 0.5) is 11.4 Å². The second-order valence-electron chi connectivity index (χ2n) is 7.37. The summed E-state index contributed by atoms with van der Waals surface area (Å²) in [5.74, 6) is -1.15. The van der Waals surface area contributed by atoms with E-state index in [1.807, 2.05) is 0 Å². The first-order valence-electron chi connectivity index (χ1n) is 9.96. The quantitative estimate of drug-likeness (QED) is 0.482. The van der Waals surface area contributed by atoms with Crippen molar-refractivity contribution in [3.05, 3.63) is 83.4 Å². The monoisotopic (exact) mass is 515 g/mol. The summed E-state index contributed by atoms with van der Waals surface area (Å²) in [6.07, 6.45) is -0.00287. The fourth-order valence-electron chi connectivity index (χ4n) is 3.39. The molecule has 3 amide bonds. The zero-order valence-electron chi connectivity index (χ0n) is 17.5. The summed E-state index contributed by atoms with van der Waals surface area (Å²) in [4.78, 5) is 40.0. The van der Waals surface area contributed by atoms with Crippen LogP contribution in [0, 0.1) is 0 Å². The average Bonchev–Trinajstić information content (AvgIpc) is 3.07. The molecule has 3 aromatic rings. The number of carbonyl (C=O) groups excluding carboxylic acids is 3. The van der Waals surface area contributed by atoms with Crippen LogP contribution in [0.1, 0.15) is 16.8 Å². The molecule has 1 heterocycles. The number of amides is 3. The highest BCUT2D eigenvalue weighted by atomic mass is 35.5. The molecule has 1 saturated heterocycles. The minimum Gasteiger partial charge on any atom is -0.322 e. The summed E-state index contributed by atoms with van der Waals surface area (Å²) in [7, 11) is -3.84. The van der Waals surface area contributed by atoms with E-state index in [0.29, 0.717) is 26.9 Å². The van der Waals surface area contributed by atoms with Crippen molar-refractivity contribution in [3.63, 3.8) is 0 Å². The molecule has 1 fully saturated rings. The van der Waals surface area contributed by atoms with E-state index in [2.05, 4.69) is 5.32 Å². The first-order chi connectivity index (χ1) is 16.1. The minimum absolute atomic E-state index is 0.00287. The lowest BCUT2D eigenvalue weighted by molar-refractivity contribution is -0.121. The van der Waals surface area contributed by atoms with Crippen LogP contribution in [-0.2, 0) is 19.6 Å². The van der Waals surface area contributed by atoms with Gasteiger partial charge in [-0.2, -0.15) is 0 Å². The number of nitrogens with one attached hydrogen (secondary N) is 1. The molecule has 8 nitrogen and oxygen atoms in total. The van der Waals surface area contributed by atoms with Gasteiger partial charge in [-0.15, -0.1) is 11.8 Å². The van der Waals surface area contributed by atoms with Crippen molar-refractivity contribution >= 4 is 62.5 Å². The Morgan fingerprint density at radius 1 is 1.00 bits per heavy atom. The Morgan fingerprint density at radius 3 is 2.29 bits per heavy atom. The Hall–Kier alpha value is -3.18. The summed E-state index contributed by atoms with van der Waals surface area (Å²) in [5, 5.41) is 7.60. The van der Waals surface area contributed by atoms with Crippen molar-refractivity contribution in [1.29, 1.82) is 0 Å². The van der Waals surface area contributed by atoms with Gasteiger partial charge in [0.15, 0.2) is 0 Å². The third kappa shape index (κ3) is 5.15. The molecule has 34 heavy (non-hydrogen) atoms. The number of nitrogens with two attached hydrogens (primary N) is 1. The van der Waals surface area contributed by atoms with Crippen molar-refractivity contribution in [2.24, 2.45) is 5.14 Å². The van der Waals surface area contributed by atoms with Gasteiger partial charge < -0.3 is 5.32 Å². The standard InChI is InChI=1S/C23H18ClN3O5S2/c24-14-5-9-16(10-6-14)27-21(28)13-20(23(27)30)33-19-4-2-1-3-18(19)22(29)26-15-7-11-17(12-8-15)34(25,31)32/h1-12,20H,13H2,(H,26,29)(H2,25,31,32)/t20-/m1/s1. The van der Waals surface area contributed by atoms with Crippen molar-refractivity contribution < 1.29 is 22.8 Å². The lowest BCUT2D eigenvalue weighted by atomic mass is 10.2. The number of imide groups is 1. The smallest absolute Gasteiger partial charge is 0.256 e. The second-order valence-corrected chi connectivity index (χ2v) is 10.6. The van der Waals surface area contributed by atoms with Crippen molar-refractivity contribution in [2.75, 3.05) is 10.2 Å². The number of halogens is 1. The van der Waals surface area contributed by atoms with Crippen LogP contribution >= 0.6 is 23.4 Å². The van der Waals surface area contributed by atoms with Gasteiger partial charge in [-0.05, 0) is 60.7 Å². The highest BCUT2D eigenvalue weighted by Crippen LogP contribution is 2.36. The number of anilines is 2. The van der Waals surface area contributed by atoms with Gasteiger partial charge in [-0.25, -0.2) is 18.5 Å². The van der Waals surface area contributed by atoms with E-state index in [0.717, 1.165) is 16.7 Å². The average molecular weight is 516 g/mol. The number of carbonyl (C=O) groups is 3. The first-order valence-corrected chi connectivity index (χ1v) is 12.8. The lowest BCUT2D eigenvalue weighted by Crippen LogP contribution is -2.31. The molecule has 0 aromatic heterocycles. The molecular weight excluding hydrogens is 498 g/mol. The van der Waals surface area contributed by atoms with Gasteiger partial charge in [0.05, 0.1) is 21.4 Å². The maximum atomic E-state index is 13.0. The molecule has 3 aromatic carbocycles. The topological polar surface area (TPSA) is 127 Å². The lowest BCUT2D eigenvalue weighted by Gasteiger charge is -2.16. The third-order valence-electron chi connectivity index (χ3n) is 5.03. The van der Waals surface area contributed by atoms with Crippen LogP contribution in [0.2, 0.25) is 5.02 Å².